The molecule has 0 unspecified atom stereocenters. The molecule has 176 valence electrons. The van der Waals surface area contributed by atoms with Crippen molar-refractivity contribution < 1.29 is 19.4 Å². The van der Waals surface area contributed by atoms with Crippen molar-refractivity contribution in [2.24, 2.45) is 0 Å². The topological polar surface area (TPSA) is 76.6 Å². The van der Waals surface area contributed by atoms with Crippen molar-refractivity contribution in [3.63, 3.8) is 0 Å². The summed E-state index contributed by atoms with van der Waals surface area (Å²) < 4.78 is 5.04. The van der Waals surface area contributed by atoms with E-state index in [9.17, 15) is 14.7 Å². The Balaban J connectivity index is 1.26. The second-order valence-electron chi connectivity index (χ2n) is 9.03. The third-order valence-corrected chi connectivity index (χ3v) is 6.98. The fourth-order valence-corrected chi connectivity index (χ4v) is 5.11. The molecule has 0 bridgehead atoms. The SMILES string of the molecule is CCOC(=O)N1CCN(C(=O)c2ccc(N3CCC(N4CCC[C@@H](O)C4)CC3)cc2)CC1. The Hall–Kier alpha value is -2.32. The Morgan fingerprint density at radius 1 is 0.938 bits per heavy atom. The van der Waals surface area contributed by atoms with E-state index in [1.165, 1.54) is 0 Å². The van der Waals surface area contributed by atoms with Gasteiger partial charge in [0.2, 0.25) is 0 Å². The number of ether oxygens (including phenoxy) is 1. The number of rotatable bonds is 4. The van der Waals surface area contributed by atoms with Crippen molar-refractivity contribution in [3.8, 4) is 0 Å². The van der Waals surface area contributed by atoms with E-state index in [0.717, 1.165) is 57.5 Å². The summed E-state index contributed by atoms with van der Waals surface area (Å²) in [4.78, 5) is 33.1. The molecule has 32 heavy (non-hydrogen) atoms. The van der Waals surface area contributed by atoms with Gasteiger partial charge in [-0.1, -0.05) is 0 Å². The van der Waals surface area contributed by atoms with Crippen LogP contribution in [-0.4, -0.2) is 103 Å². The number of piperidine rings is 2. The molecule has 0 aliphatic carbocycles. The molecule has 3 aliphatic heterocycles. The molecule has 2 amide bonds. The number of nitrogens with zero attached hydrogens (tertiary/aromatic N) is 4. The number of β-amino-alcohol motifs (C(OH)–C–C–N with tert-alkyl or cyclic N) is 1. The van der Waals surface area contributed by atoms with E-state index in [1.807, 2.05) is 29.2 Å². The van der Waals surface area contributed by atoms with Crippen LogP contribution in [0.15, 0.2) is 24.3 Å². The first kappa shape index (κ1) is 22.9. The van der Waals surface area contributed by atoms with Crippen molar-refractivity contribution in [2.75, 3.05) is 63.9 Å². The smallest absolute Gasteiger partial charge is 0.409 e. The van der Waals surface area contributed by atoms with E-state index in [-0.39, 0.29) is 18.1 Å². The van der Waals surface area contributed by atoms with E-state index in [2.05, 4.69) is 9.80 Å². The monoisotopic (exact) mass is 444 g/mol. The molecule has 3 heterocycles. The number of piperazine rings is 1. The van der Waals surface area contributed by atoms with E-state index in [0.29, 0.717) is 44.4 Å². The van der Waals surface area contributed by atoms with Gasteiger partial charge in [0.15, 0.2) is 0 Å². The highest BCUT2D eigenvalue weighted by Crippen LogP contribution is 2.25. The first-order valence-corrected chi connectivity index (χ1v) is 12.0. The summed E-state index contributed by atoms with van der Waals surface area (Å²) in [6, 6.07) is 8.50. The summed E-state index contributed by atoms with van der Waals surface area (Å²) in [6.07, 6.45) is 3.77. The van der Waals surface area contributed by atoms with Crippen LogP contribution in [0.25, 0.3) is 0 Å². The number of carbonyl (C=O) groups is 2. The van der Waals surface area contributed by atoms with Gasteiger partial charge in [-0.2, -0.15) is 0 Å². The number of hydrogen-bond donors (Lipinski definition) is 1. The van der Waals surface area contributed by atoms with E-state index >= 15 is 0 Å². The van der Waals surface area contributed by atoms with Gasteiger partial charge in [-0.3, -0.25) is 9.69 Å². The highest BCUT2D eigenvalue weighted by Gasteiger charge is 2.29. The first-order valence-electron chi connectivity index (χ1n) is 12.0. The maximum absolute atomic E-state index is 12.9. The molecular weight excluding hydrogens is 408 g/mol. The Kier molecular flexibility index (Phi) is 7.52. The van der Waals surface area contributed by atoms with Crippen molar-refractivity contribution in [2.45, 2.75) is 44.8 Å². The summed E-state index contributed by atoms with van der Waals surface area (Å²) >= 11 is 0. The van der Waals surface area contributed by atoms with E-state index < -0.39 is 0 Å². The zero-order valence-corrected chi connectivity index (χ0v) is 19.1. The second-order valence-corrected chi connectivity index (χ2v) is 9.03. The third-order valence-electron chi connectivity index (χ3n) is 6.98. The van der Waals surface area contributed by atoms with Gasteiger partial charge < -0.3 is 24.5 Å². The van der Waals surface area contributed by atoms with E-state index in [1.54, 1.807) is 11.8 Å². The normalized spacial score (nSPS) is 23.3. The number of aliphatic hydroxyl groups is 1. The van der Waals surface area contributed by atoms with Crippen LogP contribution in [0.2, 0.25) is 0 Å². The highest BCUT2D eigenvalue weighted by atomic mass is 16.6. The molecule has 8 heteroatoms. The number of aliphatic hydroxyl groups excluding tert-OH is 1. The maximum Gasteiger partial charge on any atom is 0.409 e. The summed E-state index contributed by atoms with van der Waals surface area (Å²) in [5.74, 6) is 0.0161. The highest BCUT2D eigenvalue weighted by molar-refractivity contribution is 5.94. The molecule has 0 spiro atoms. The van der Waals surface area contributed by atoms with Crippen molar-refractivity contribution in [1.82, 2.24) is 14.7 Å². The number of anilines is 1. The molecule has 0 radical (unpaired) electrons. The van der Waals surface area contributed by atoms with Gasteiger partial charge >= 0.3 is 6.09 Å². The molecule has 8 nitrogen and oxygen atoms in total. The first-order chi connectivity index (χ1) is 15.5. The minimum atomic E-state index is -0.302. The molecule has 1 atom stereocenters. The Labute approximate surface area is 190 Å². The molecule has 1 N–H and O–H groups in total. The molecule has 0 aromatic heterocycles. The number of hydrogen-bond acceptors (Lipinski definition) is 6. The van der Waals surface area contributed by atoms with Crippen molar-refractivity contribution in [3.05, 3.63) is 29.8 Å². The standard InChI is InChI=1S/C24H36N4O4/c1-2-32-24(31)27-16-14-26(15-17-27)23(30)19-5-7-20(8-6-19)25-12-9-21(10-13-25)28-11-3-4-22(29)18-28/h5-8,21-22,29H,2-4,9-18H2,1H3/t22-/m1/s1. The van der Waals surface area contributed by atoms with Crippen LogP contribution >= 0.6 is 0 Å². The molecular formula is C24H36N4O4. The van der Waals surface area contributed by atoms with Crippen LogP contribution in [0.5, 0.6) is 0 Å². The molecule has 0 saturated carbocycles. The lowest BCUT2D eigenvalue weighted by molar-refractivity contribution is 0.0398. The van der Waals surface area contributed by atoms with Crippen LogP contribution < -0.4 is 4.90 Å². The summed E-state index contributed by atoms with van der Waals surface area (Å²) in [6.45, 7) is 8.14. The van der Waals surface area contributed by atoms with Gasteiger partial charge in [-0.05, 0) is 63.4 Å². The Morgan fingerprint density at radius 3 is 2.22 bits per heavy atom. The molecule has 1 aromatic carbocycles. The zero-order valence-electron chi connectivity index (χ0n) is 19.1. The number of amides is 2. The fourth-order valence-electron chi connectivity index (χ4n) is 5.11. The molecule has 3 saturated heterocycles. The number of benzene rings is 1. The predicted molar refractivity (Wildman–Crippen MR) is 123 cm³/mol. The summed E-state index contributed by atoms with van der Waals surface area (Å²) in [5.41, 5.74) is 1.85. The van der Waals surface area contributed by atoms with Crippen LogP contribution in [0.3, 0.4) is 0 Å². The lowest BCUT2D eigenvalue weighted by Crippen LogP contribution is -2.50. The van der Waals surface area contributed by atoms with Crippen molar-refractivity contribution in [1.29, 1.82) is 0 Å². The van der Waals surface area contributed by atoms with Crippen LogP contribution in [0.1, 0.15) is 43.0 Å². The van der Waals surface area contributed by atoms with Gasteiger partial charge in [0, 0.05) is 63.1 Å². The largest absolute Gasteiger partial charge is 0.450 e. The average Bonchev–Trinajstić information content (AvgIpc) is 2.84. The Bertz CT molecular complexity index is 771. The van der Waals surface area contributed by atoms with Crippen LogP contribution in [-0.2, 0) is 4.74 Å². The average molecular weight is 445 g/mol. The number of carbonyl (C=O) groups excluding carboxylic acids is 2. The minimum absolute atomic E-state index is 0.0161. The molecule has 3 aliphatic rings. The van der Waals surface area contributed by atoms with Gasteiger partial charge in [0.05, 0.1) is 12.7 Å². The second kappa shape index (κ2) is 10.5. The summed E-state index contributed by atoms with van der Waals surface area (Å²) in [7, 11) is 0. The van der Waals surface area contributed by atoms with E-state index in [4.69, 9.17) is 4.74 Å². The predicted octanol–water partition coefficient (Wildman–Crippen LogP) is 2.03. The van der Waals surface area contributed by atoms with Crippen LogP contribution in [0.4, 0.5) is 10.5 Å². The van der Waals surface area contributed by atoms with Gasteiger partial charge in [0.1, 0.15) is 0 Å². The van der Waals surface area contributed by atoms with Gasteiger partial charge in [-0.25, -0.2) is 4.79 Å². The molecule has 4 rings (SSSR count). The molecule has 3 fully saturated rings. The lowest BCUT2D eigenvalue weighted by Gasteiger charge is -2.42. The van der Waals surface area contributed by atoms with Gasteiger partial charge in [0.25, 0.3) is 5.91 Å². The fraction of sp³-hybridized carbons (Fsp3) is 0.667. The third kappa shape index (κ3) is 5.35. The zero-order chi connectivity index (χ0) is 22.5. The van der Waals surface area contributed by atoms with Crippen molar-refractivity contribution >= 4 is 17.7 Å². The number of likely N-dealkylation sites (tertiary alicyclic amines) is 1. The minimum Gasteiger partial charge on any atom is -0.450 e. The van der Waals surface area contributed by atoms with Crippen LogP contribution in [0, 0.1) is 0 Å². The Morgan fingerprint density at radius 2 is 1.59 bits per heavy atom. The summed E-state index contributed by atoms with van der Waals surface area (Å²) in [5, 5.41) is 9.96. The lowest BCUT2D eigenvalue weighted by atomic mass is 9.98. The van der Waals surface area contributed by atoms with Gasteiger partial charge in [-0.15, -0.1) is 0 Å². The quantitative estimate of drug-likeness (QED) is 0.766. The molecule has 1 aromatic rings. The maximum atomic E-state index is 12.9.